The minimum atomic E-state index is -0.466. The molecule has 0 saturated heterocycles. The standard InChI is InChI=1S/C17H20N2O2/c18-12-5-6-14-13(9-12)15(20)19(10-11-3-4-11)16(21)17(14)7-1-2-8-17/h5-6,9,11H,1-4,7-8,10,18H2. The zero-order chi connectivity index (χ0) is 14.6. The molecule has 0 radical (unpaired) electrons. The molecule has 1 aliphatic heterocycles. The molecule has 2 N–H and O–H groups in total. The Bertz CT molecular complexity index is 628. The number of nitrogens with two attached hydrogens (primary N) is 1. The molecular formula is C17H20N2O2. The van der Waals surface area contributed by atoms with Crippen LogP contribution in [0.5, 0.6) is 0 Å². The van der Waals surface area contributed by atoms with Crippen molar-refractivity contribution in [1.82, 2.24) is 4.90 Å². The number of hydrogen-bond donors (Lipinski definition) is 1. The van der Waals surface area contributed by atoms with E-state index in [1.165, 1.54) is 4.90 Å². The van der Waals surface area contributed by atoms with E-state index in [0.717, 1.165) is 44.1 Å². The molecule has 4 rings (SSSR count). The highest BCUT2D eigenvalue weighted by Crippen LogP contribution is 2.47. The minimum absolute atomic E-state index is 0.0363. The van der Waals surface area contributed by atoms with Gasteiger partial charge in [0.05, 0.1) is 5.41 Å². The van der Waals surface area contributed by atoms with Gasteiger partial charge in [0.15, 0.2) is 0 Å². The number of carbonyl (C=O) groups is 2. The fourth-order valence-corrected chi connectivity index (χ4v) is 3.95. The summed E-state index contributed by atoms with van der Waals surface area (Å²) in [5.74, 6) is 0.403. The van der Waals surface area contributed by atoms with E-state index in [2.05, 4.69) is 0 Å². The van der Waals surface area contributed by atoms with Crippen LogP contribution in [0.15, 0.2) is 18.2 Å². The third-order valence-electron chi connectivity index (χ3n) is 5.28. The first-order valence-corrected chi connectivity index (χ1v) is 7.88. The van der Waals surface area contributed by atoms with Gasteiger partial charge >= 0.3 is 0 Å². The summed E-state index contributed by atoms with van der Waals surface area (Å²) >= 11 is 0. The number of hydrogen-bond acceptors (Lipinski definition) is 3. The molecule has 1 aromatic rings. The maximum atomic E-state index is 13.0. The Morgan fingerprint density at radius 1 is 1.19 bits per heavy atom. The third-order valence-corrected chi connectivity index (χ3v) is 5.28. The van der Waals surface area contributed by atoms with Crippen LogP contribution in [0.3, 0.4) is 0 Å². The average Bonchev–Trinajstić information content (AvgIpc) is 3.16. The van der Waals surface area contributed by atoms with Crippen LogP contribution in [-0.4, -0.2) is 23.3 Å². The molecular weight excluding hydrogens is 264 g/mol. The maximum Gasteiger partial charge on any atom is 0.260 e. The fourth-order valence-electron chi connectivity index (χ4n) is 3.95. The van der Waals surface area contributed by atoms with Crippen LogP contribution >= 0.6 is 0 Å². The van der Waals surface area contributed by atoms with Crippen molar-refractivity contribution in [3.63, 3.8) is 0 Å². The van der Waals surface area contributed by atoms with Crippen LogP contribution in [0.4, 0.5) is 5.69 Å². The zero-order valence-corrected chi connectivity index (χ0v) is 12.1. The van der Waals surface area contributed by atoms with E-state index >= 15 is 0 Å². The Kier molecular flexibility index (Phi) is 2.65. The summed E-state index contributed by atoms with van der Waals surface area (Å²) < 4.78 is 0. The molecule has 1 heterocycles. The van der Waals surface area contributed by atoms with Gasteiger partial charge in [-0.3, -0.25) is 14.5 Å². The van der Waals surface area contributed by atoms with Gasteiger partial charge in [0.1, 0.15) is 0 Å². The summed E-state index contributed by atoms with van der Waals surface area (Å²) in [4.78, 5) is 27.3. The van der Waals surface area contributed by atoms with E-state index in [-0.39, 0.29) is 11.8 Å². The summed E-state index contributed by atoms with van der Waals surface area (Å²) in [5, 5.41) is 0. The molecule has 2 fully saturated rings. The molecule has 2 amide bonds. The number of imide groups is 1. The van der Waals surface area contributed by atoms with E-state index in [1.54, 1.807) is 6.07 Å². The Labute approximate surface area is 124 Å². The second-order valence-corrected chi connectivity index (χ2v) is 6.76. The lowest BCUT2D eigenvalue weighted by Crippen LogP contribution is -2.53. The quantitative estimate of drug-likeness (QED) is 0.670. The number of nitrogen functional groups attached to an aromatic ring is 1. The lowest BCUT2D eigenvalue weighted by Gasteiger charge is -2.39. The predicted molar refractivity (Wildman–Crippen MR) is 79.8 cm³/mol. The average molecular weight is 284 g/mol. The number of nitrogens with zero attached hydrogens (tertiary/aromatic N) is 1. The highest BCUT2D eigenvalue weighted by Gasteiger charge is 2.52. The van der Waals surface area contributed by atoms with Gasteiger partial charge in [-0.05, 0) is 49.3 Å². The summed E-state index contributed by atoms with van der Waals surface area (Å²) in [6.07, 6.45) is 6.10. The zero-order valence-electron chi connectivity index (χ0n) is 12.1. The van der Waals surface area contributed by atoms with Crippen molar-refractivity contribution in [3.8, 4) is 0 Å². The highest BCUT2D eigenvalue weighted by atomic mass is 16.2. The van der Waals surface area contributed by atoms with Crippen LogP contribution in [0.2, 0.25) is 0 Å². The molecule has 2 saturated carbocycles. The molecule has 21 heavy (non-hydrogen) atoms. The second kappa shape index (κ2) is 4.33. The second-order valence-electron chi connectivity index (χ2n) is 6.76. The van der Waals surface area contributed by atoms with E-state index in [4.69, 9.17) is 5.73 Å². The van der Waals surface area contributed by atoms with Gasteiger partial charge in [0.25, 0.3) is 5.91 Å². The number of anilines is 1. The Balaban J connectivity index is 1.85. The normalized spacial score (nSPS) is 23.7. The van der Waals surface area contributed by atoms with Crippen molar-refractivity contribution in [2.45, 2.75) is 43.9 Å². The Hall–Kier alpha value is -1.84. The van der Waals surface area contributed by atoms with Crippen molar-refractivity contribution in [2.75, 3.05) is 12.3 Å². The maximum absolute atomic E-state index is 13.0. The van der Waals surface area contributed by atoms with Crippen LogP contribution in [0.1, 0.15) is 54.4 Å². The molecule has 4 nitrogen and oxygen atoms in total. The van der Waals surface area contributed by atoms with E-state index < -0.39 is 5.41 Å². The molecule has 0 aromatic heterocycles. The molecule has 1 spiro atoms. The summed E-state index contributed by atoms with van der Waals surface area (Å²) in [6, 6.07) is 5.47. The van der Waals surface area contributed by atoms with Gasteiger partial charge in [-0.1, -0.05) is 18.9 Å². The first-order chi connectivity index (χ1) is 10.1. The van der Waals surface area contributed by atoms with Gasteiger partial charge < -0.3 is 5.73 Å². The van der Waals surface area contributed by atoms with Gasteiger partial charge in [-0.2, -0.15) is 0 Å². The molecule has 0 atom stereocenters. The van der Waals surface area contributed by atoms with Gasteiger partial charge in [0, 0.05) is 17.8 Å². The topological polar surface area (TPSA) is 63.4 Å². The number of benzene rings is 1. The monoisotopic (exact) mass is 284 g/mol. The van der Waals surface area contributed by atoms with E-state index in [1.807, 2.05) is 12.1 Å². The van der Waals surface area contributed by atoms with Crippen molar-refractivity contribution < 1.29 is 9.59 Å². The summed E-state index contributed by atoms with van der Waals surface area (Å²) in [5.41, 5.74) is 7.56. The molecule has 4 heteroatoms. The van der Waals surface area contributed by atoms with Crippen molar-refractivity contribution >= 4 is 17.5 Å². The largest absolute Gasteiger partial charge is 0.399 e. The fraction of sp³-hybridized carbons (Fsp3) is 0.529. The van der Waals surface area contributed by atoms with E-state index in [0.29, 0.717) is 23.7 Å². The number of fused-ring (bicyclic) bond motifs is 2. The van der Waals surface area contributed by atoms with Crippen LogP contribution in [-0.2, 0) is 10.2 Å². The lowest BCUT2D eigenvalue weighted by atomic mass is 9.72. The highest BCUT2D eigenvalue weighted by molar-refractivity contribution is 6.13. The van der Waals surface area contributed by atoms with Crippen molar-refractivity contribution in [2.24, 2.45) is 5.92 Å². The smallest absolute Gasteiger partial charge is 0.260 e. The number of rotatable bonds is 2. The minimum Gasteiger partial charge on any atom is -0.399 e. The van der Waals surface area contributed by atoms with Crippen LogP contribution in [0, 0.1) is 5.92 Å². The lowest BCUT2D eigenvalue weighted by molar-refractivity contribution is -0.135. The van der Waals surface area contributed by atoms with Crippen LogP contribution < -0.4 is 5.73 Å². The molecule has 3 aliphatic rings. The first kappa shape index (κ1) is 12.9. The summed E-state index contributed by atoms with van der Waals surface area (Å²) in [7, 11) is 0. The molecule has 110 valence electrons. The molecule has 1 aromatic carbocycles. The first-order valence-electron chi connectivity index (χ1n) is 7.88. The number of amides is 2. The van der Waals surface area contributed by atoms with E-state index in [9.17, 15) is 9.59 Å². The predicted octanol–water partition coefficient (Wildman–Crippen LogP) is 2.47. The van der Waals surface area contributed by atoms with Gasteiger partial charge in [-0.25, -0.2) is 0 Å². The SMILES string of the molecule is Nc1ccc2c(c1)C(=O)N(CC1CC1)C(=O)C21CCCC1. The summed E-state index contributed by atoms with van der Waals surface area (Å²) in [6.45, 7) is 0.591. The Morgan fingerprint density at radius 3 is 2.57 bits per heavy atom. The number of carbonyl (C=O) groups excluding carboxylic acids is 2. The van der Waals surface area contributed by atoms with Gasteiger partial charge in [-0.15, -0.1) is 0 Å². The van der Waals surface area contributed by atoms with Crippen molar-refractivity contribution in [1.29, 1.82) is 0 Å². The third kappa shape index (κ3) is 1.81. The molecule has 0 unspecified atom stereocenters. The Morgan fingerprint density at radius 2 is 1.90 bits per heavy atom. The van der Waals surface area contributed by atoms with Crippen molar-refractivity contribution in [3.05, 3.63) is 29.3 Å². The molecule has 2 aliphatic carbocycles. The van der Waals surface area contributed by atoms with Crippen LogP contribution in [0.25, 0.3) is 0 Å². The van der Waals surface area contributed by atoms with Gasteiger partial charge in [0.2, 0.25) is 5.91 Å². The molecule has 0 bridgehead atoms.